The number of hydrogen-bond acceptors (Lipinski definition) is 2. The standard InChI is InChI=1S/C21H18O3/c1-14-6-8-15(9-7-14)20(16-10-12-17(22)13-11-16)18-4-2-3-5-19(18)21(23)24/h2-13,20,22H,1H3,(H,23,24). The molecule has 0 fully saturated rings. The van der Waals surface area contributed by atoms with Crippen LogP contribution in [-0.2, 0) is 0 Å². The number of carbonyl (C=O) groups is 1. The van der Waals surface area contributed by atoms with Gasteiger partial charge in [0.1, 0.15) is 5.75 Å². The normalized spacial score (nSPS) is 11.9. The Hall–Kier alpha value is -3.07. The molecule has 0 spiro atoms. The highest BCUT2D eigenvalue weighted by Gasteiger charge is 2.22. The van der Waals surface area contributed by atoms with Crippen LogP contribution in [0.2, 0.25) is 0 Å². The Kier molecular flexibility index (Phi) is 4.34. The molecule has 3 aromatic carbocycles. The third kappa shape index (κ3) is 3.15. The maximum absolute atomic E-state index is 11.7. The van der Waals surface area contributed by atoms with E-state index in [1.165, 1.54) is 0 Å². The summed E-state index contributed by atoms with van der Waals surface area (Å²) in [5.74, 6) is -0.965. The Bertz CT molecular complexity index is 804. The third-order valence-electron chi connectivity index (χ3n) is 4.14. The molecule has 1 atom stereocenters. The molecule has 0 aliphatic carbocycles. The van der Waals surface area contributed by atoms with Crippen molar-refractivity contribution in [2.24, 2.45) is 0 Å². The topological polar surface area (TPSA) is 57.5 Å². The molecule has 0 aromatic heterocycles. The van der Waals surface area contributed by atoms with Gasteiger partial charge in [0.05, 0.1) is 5.56 Å². The second-order valence-corrected chi connectivity index (χ2v) is 5.83. The lowest BCUT2D eigenvalue weighted by Gasteiger charge is -2.21. The predicted octanol–water partition coefficient (Wildman–Crippen LogP) is 4.58. The minimum Gasteiger partial charge on any atom is -0.508 e. The lowest BCUT2D eigenvalue weighted by atomic mass is 9.82. The first-order chi connectivity index (χ1) is 11.6. The van der Waals surface area contributed by atoms with Crippen LogP contribution in [0.1, 0.15) is 38.5 Å². The van der Waals surface area contributed by atoms with E-state index in [2.05, 4.69) is 0 Å². The second kappa shape index (κ2) is 6.59. The maximum Gasteiger partial charge on any atom is 0.335 e. The van der Waals surface area contributed by atoms with E-state index in [9.17, 15) is 15.0 Å². The Labute approximate surface area is 140 Å². The van der Waals surface area contributed by atoms with E-state index >= 15 is 0 Å². The Balaban J connectivity index is 2.21. The van der Waals surface area contributed by atoms with Gasteiger partial charge < -0.3 is 10.2 Å². The van der Waals surface area contributed by atoms with Gasteiger partial charge in [-0.25, -0.2) is 4.79 Å². The Morgan fingerprint density at radius 1 is 0.833 bits per heavy atom. The number of phenols is 1. The van der Waals surface area contributed by atoms with E-state index in [-0.39, 0.29) is 17.2 Å². The third-order valence-corrected chi connectivity index (χ3v) is 4.14. The van der Waals surface area contributed by atoms with Gasteiger partial charge in [0.25, 0.3) is 0 Å². The van der Waals surface area contributed by atoms with Gasteiger partial charge in [0.2, 0.25) is 0 Å². The smallest absolute Gasteiger partial charge is 0.335 e. The lowest BCUT2D eigenvalue weighted by molar-refractivity contribution is 0.0695. The van der Waals surface area contributed by atoms with Crippen molar-refractivity contribution >= 4 is 5.97 Å². The molecule has 0 heterocycles. The van der Waals surface area contributed by atoms with Crippen LogP contribution in [0.4, 0.5) is 0 Å². The van der Waals surface area contributed by atoms with Crippen LogP contribution < -0.4 is 0 Å². The number of aromatic carboxylic acids is 1. The number of carboxylic acid groups (broad SMARTS) is 1. The Morgan fingerprint density at radius 2 is 1.38 bits per heavy atom. The summed E-state index contributed by atoms with van der Waals surface area (Å²) in [6.07, 6.45) is 0. The quantitative estimate of drug-likeness (QED) is 0.692. The molecule has 1 unspecified atom stereocenters. The largest absolute Gasteiger partial charge is 0.508 e. The SMILES string of the molecule is Cc1ccc(C(c2ccc(O)cc2)c2ccccc2C(=O)O)cc1. The van der Waals surface area contributed by atoms with Crippen LogP contribution in [0, 0.1) is 6.92 Å². The van der Waals surface area contributed by atoms with E-state index in [0.717, 1.165) is 22.3 Å². The number of rotatable bonds is 4. The Morgan fingerprint density at radius 3 is 1.96 bits per heavy atom. The second-order valence-electron chi connectivity index (χ2n) is 5.83. The van der Waals surface area contributed by atoms with Gasteiger partial charge in [-0.15, -0.1) is 0 Å². The molecule has 0 saturated heterocycles. The minimum absolute atomic E-state index is 0.188. The summed E-state index contributed by atoms with van der Waals surface area (Å²) in [6, 6.07) is 22.0. The zero-order valence-electron chi connectivity index (χ0n) is 13.3. The minimum atomic E-state index is -0.943. The first-order valence-electron chi connectivity index (χ1n) is 7.74. The zero-order valence-corrected chi connectivity index (χ0v) is 13.3. The molecule has 3 rings (SSSR count). The number of aromatic hydroxyl groups is 1. The van der Waals surface area contributed by atoms with E-state index in [0.29, 0.717) is 0 Å². The van der Waals surface area contributed by atoms with Crippen LogP contribution in [0.3, 0.4) is 0 Å². The molecule has 0 amide bonds. The number of hydrogen-bond donors (Lipinski definition) is 2. The highest BCUT2D eigenvalue weighted by atomic mass is 16.4. The van der Waals surface area contributed by atoms with Crippen LogP contribution in [0.25, 0.3) is 0 Å². The molecule has 0 aliphatic heterocycles. The monoisotopic (exact) mass is 318 g/mol. The van der Waals surface area contributed by atoms with Crippen LogP contribution in [0.5, 0.6) is 5.75 Å². The average molecular weight is 318 g/mol. The summed E-state index contributed by atoms with van der Waals surface area (Å²) in [7, 11) is 0. The molecule has 2 N–H and O–H groups in total. The van der Waals surface area contributed by atoms with Gasteiger partial charge in [0.15, 0.2) is 0 Å². The fourth-order valence-corrected chi connectivity index (χ4v) is 2.92. The average Bonchev–Trinajstić information content (AvgIpc) is 2.59. The van der Waals surface area contributed by atoms with Crippen molar-refractivity contribution < 1.29 is 15.0 Å². The number of carboxylic acids is 1. The van der Waals surface area contributed by atoms with Crippen molar-refractivity contribution in [3.8, 4) is 5.75 Å². The molecule has 0 bridgehead atoms. The van der Waals surface area contributed by atoms with Gasteiger partial charge in [-0.3, -0.25) is 0 Å². The summed E-state index contributed by atoms with van der Waals surface area (Å²) in [5, 5.41) is 19.1. The van der Waals surface area contributed by atoms with Crippen molar-refractivity contribution in [3.05, 3.63) is 101 Å². The summed E-state index contributed by atoms with van der Waals surface area (Å²) in [4.78, 5) is 11.7. The molecule has 0 saturated carbocycles. The molecule has 0 aliphatic rings. The van der Waals surface area contributed by atoms with Gasteiger partial charge in [-0.05, 0) is 41.8 Å². The number of benzene rings is 3. The van der Waals surface area contributed by atoms with Gasteiger partial charge in [0, 0.05) is 5.92 Å². The molecule has 3 nitrogen and oxygen atoms in total. The van der Waals surface area contributed by atoms with Crippen molar-refractivity contribution in [2.75, 3.05) is 0 Å². The van der Waals surface area contributed by atoms with Gasteiger partial charge in [-0.2, -0.15) is 0 Å². The molecule has 3 aromatic rings. The molecule has 0 radical (unpaired) electrons. The number of aryl methyl sites for hydroxylation is 1. The first kappa shape index (κ1) is 15.8. The van der Waals surface area contributed by atoms with Gasteiger partial charge in [-0.1, -0.05) is 60.2 Å². The van der Waals surface area contributed by atoms with E-state index in [1.807, 2.05) is 55.5 Å². The number of phenolic OH excluding ortho intramolecular Hbond substituents is 1. The molecule has 24 heavy (non-hydrogen) atoms. The zero-order chi connectivity index (χ0) is 17.1. The predicted molar refractivity (Wildman–Crippen MR) is 93.6 cm³/mol. The molecular formula is C21H18O3. The van der Waals surface area contributed by atoms with Crippen molar-refractivity contribution in [3.63, 3.8) is 0 Å². The van der Waals surface area contributed by atoms with Gasteiger partial charge >= 0.3 is 5.97 Å². The highest BCUT2D eigenvalue weighted by Crippen LogP contribution is 2.34. The van der Waals surface area contributed by atoms with Crippen LogP contribution >= 0.6 is 0 Å². The highest BCUT2D eigenvalue weighted by molar-refractivity contribution is 5.90. The van der Waals surface area contributed by atoms with Crippen molar-refractivity contribution in [1.29, 1.82) is 0 Å². The van der Waals surface area contributed by atoms with Crippen molar-refractivity contribution in [1.82, 2.24) is 0 Å². The van der Waals surface area contributed by atoms with E-state index in [4.69, 9.17) is 0 Å². The fraction of sp³-hybridized carbons (Fsp3) is 0.0952. The fourth-order valence-electron chi connectivity index (χ4n) is 2.92. The molecule has 120 valence electrons. The summed E-state index contributed by atoms with van der Waals surface area (Å²) < 4.78 is 0. The molecule has 3 heteroatoms. The van der Waals surface area contributed by atoms with E-state index in [1.54, 1.807) is 24.3 Å². The lowest BCUT2D eigenvalue weighted by Crippen LogP contribution is -2.10. The van der Waals surface area contributed by atoms with E-state index < -0.39 is 5.97 Å². The summed E-state index contributed by atoms with van der Waals surface area (Å²) >= 11 is 0. The van der Waals surface area contributed by atoms with Crippen molar-refractivity contribution in [2.45, 2.75) is 12.8 Å². The first-order valence-corrected chi connectivity index (χ1v) is 7.74. The maximum atomic E-state index is 11.7. The summed E-state index contributed by atoms with van der Waals surface area (Å²) in [6.45, 7) is 2.02. The summed E-state index contributed by atoms with van der Waals surface area (Å²) in [5.41, 5.74) is 4.12. The molecular weight excluding hydrogens is 300 g/mol. The van der Waals surface area contributed by atoms with Crippen LogP contribution in [-0.4, -0.2) is 16.2 Å². The van der Waals surface area contributed by atoms with Crippen LogP contribution in [0.15, 0.2) is 72.8 Å².